The van der Waals surface area contributed by atoms with Crippen LogP contribution in [0.1, 0.15) is 24.0 Å². The number of aliphatic carboxylic acids is 1. The molecule has 1 unspecified atom stereocenters. The van der Waals surface area contributed by atoms with Crippen molar-refractivity contribution in [3.63, 3.8) is 0 Å². The number of methoxy groups -OCH3 is 1. The Morgan fingerprint density at radius 2 is 1.90 bits per heavy atom. The highest BCUT2D eigenvalue weighted by molar-refractivity contribution is 5.83. The number of nitrogens with one attached hydrogen (secondary N) is 2. The lowest BCUT2D eigenvalue weighted by atomic mass is 9.99. The molecule has 3 aromatic rings. The van der Waals surface area contributed by atoms with Gasteiger partial charge in [-0.3, -0.25) is 4.79 Å². The van der Waals surface area contributed by atoms with Crippen molar-refractivity contribution in [1.29, 1.82) is 0 Å². The fraction of sp³-hybridized carbons (Fsp3) is 0.348. The molecule has 0 aliphatic rings. The molecule has 0 aliphatic carbocycles. The molecule has 0 saturated heterocycles. The number of nitrogens with two attached hydrogens (primary N) is 1. The SMILES string of the molecule is COc1ccccc1CCC(CN)N[C@H](CC(=O)O)Cc1c[nH]c2ccccc12. The van der Waals surface area contributed by atoms with Gasteiger partial charge in [-0.1, -0.05) is 36.4 Å². The zero-order valence-electron chi connectivity index (χ0n) is 16.7. The van der Waals surface area contributed by atoms with Crippen molar-refractivity contribution < 1.29 is 14.6 Å². The summed E-state index contributed by atoms with van der Waals surface area (Å²) in [5, 5.41) is 14.0. The van der Waals surface area contributed by atoms with Gasteiger partial charge < -0.3 is 25.9 Å². The van der Waals surface area contributed by atoms with E-state index in [0.717, 1.165) is 40.6 Å². The fourth-order valence-electron chi connectivity index (χ4n) is 3.81. The van der Waals surface area contributed by atoms with Gasteiger partial charge in [0, 0.05) is 35.7 Å². The number of fused-ring (bicyclic) bond motifs is 1. The monoisotopic (exact) mass is 395 g/mol. The molecule has 6 nitrogen and oxygen atoms in total. The van der Waals surface area contributed by atoms with Crippen LogP contribution >= 0.6 is 0 Å². The number of hydrogen-bond donors (Lipinski definition) is 4. The van der Waals surface area contributed by atoms with E-state index in [2.05, 4.69) is 16.4 Å². The van der Waals surface area contributed by atoms with Gasteiger partial charge in [-0.05, 0) is 42.5 Å². The van der Waals surface area contributed by atoms with E-state index in [0.29, 0.717) is 13.0 Å². The predicted molar refractivity (Wildman–Crippen MR) is 115 cm³/mol. The van der Waals surface area contributed by atoms with E-state index in [9.17, 15) is 9.90 Å². The number of aromatic amines is 1. The summed E-state index contributed by atoms with van der Waals surface area (Å²) in [4.78, 5) is 14.7. The van der Waals surface area contributed by atoms with E-state index in [1.165, 1.54) is 0 Å². The maximum atomic E-state index is 11.4. The van der Waals surface area contributed by atoms with Gasteiger partial charge in [-0.15, -0.1) is 0 Å². The Hall–Kier alpha value is -2.83. The standard InChI is InChI=1S/C23H29N3O3/c1-29-22-9-5-2-6-16(22)10-11-18(14-24)26-19(13-23(27)28)12-17-15-25-21-8-4-3-7-20(17)21/h2-9,15,18-19,25-26H,10-14,24H2,1H3,(H,27,28)/t18?,19-/m0/s1. The van der Waals surface area contributed by atoms with Gasteiger partial charge in [0.1, 0.15) is 5.75 Å². The van der Waals surface area contributed by atoms with Crippen LogP contribution in [0.4, 0.5) is 0 Å². The summed E-state index contributed by atoms with van der Waals surface area (Å²) >= 11 is 0. The molecule has 0 amide bonds. The second-order valence-electron chi connectivity index (χ2n) is 7.31. The third-order valence-corrected chi connectivity index (χ3v) is 5.27. The van der Waals surface area contributed by atoms with Crippen LogP contribution in [0.5, 0.6) is 5.75 Å². The lowest BCUT2D eigenvalue weighted by Gasteiger charge is -2.24. The van der Waals surface area contributed by atoms with Crippen LogP contribution in [-0.2, 0) is 17.6 Å². The third kappa shape index (κ3) is 5.59. The van der Waals surface area contributed by atoms with E-state index in [-0.39, 0.29) is 18.5 Å². The second kappa shape index (κ2) is 10.1. The van der Waals surface area contributed by atoms with Crippen molar-refractivity contribution in [2.24, 2.45) is 5.73 Å². The molecule has 0 aliphatic heterocycles. The van der Waals surface area contributed by atoms with Crippen molar-refractivity contribution in [3.8, 4) is 5.75 Å². The minimum Gasteiger partial charge on any atom is -0.496 e. The van der Waals surface area contributed by atoms with Crippen LogP contribution in [0.25, 0.3) is 10.9 Å². The average Bonchev–Trinajstić information content (AvgIpc) is 3.13. The molecule has 5 N–H and O–H groups in total. The highest BCUT2D eigenvalue weighted by atomic mass is 16.5. The van der Waals surface area contributed by atoms with Crippen LogP contribution in [0, 0.1) is 0 Å². The summed E-state index contributed by atoms with van der Waals surface area (Å²) in [5.41, 5.74) is 9.30. The zero-order valence-corrected chi connectivity index (χ0v) is 16.7. The Morgan fingerprint density at radius 1 is 1.14 bits per heavy atom. The summed E-state index contributed by atoms with van der Waals surface area (Å²) < 4.78 is 5.42. The molecule has 2 aromatic carbocycles. The first-order chi connectivity index (χ1) is 14.1. The first-order valence-electron chi connectivity index (χ1n) is 9.95. The molecule has 1 heterocycles. The molecule has 6 heteroatoms. The lowest BCUT2D eigenvalue weighted by Crippen LogP contribution is -2.45. The number of para-hydroxylation sites is 2. The Morgan fingerprint density at radius 3 is 2.66 bits per heavy atom. The fourth-order valence-corrected chi connectivity index (χ4v) is 3.81. The number of hydrogen-bond acceptors (Lipinski definition) is 4. The normalized spacial score (nSPS) is 13.3. The number of carboxylic acid groups (broad SMARTS) is 1. The number of H-pyrrole nitrogens is 1. The highest BCUT2D eigenvalue weighted by Gasteiger charge is 2.20. The molecule has 154 valence electrons. The maximum absolute atomic E-state index is 11.4. The number of benzene rings is 2. The molecule has 0 bridgehead atoms. The number of carboxylic acids is 1. The van der Waals surface area contributed by atoms with Crippen molar-refractivity contribution in [1.82, 2.24) is 10.3 Å². The maximum Gasteiger partial charge on any atom is 0.304 e. The predicted octanol–water partition coefficient (Wildman–Crippen LogP) is 3.11. The van der Waals surface area contributed by atoms with Crippen LogP contribution in [0.15, 0.2) is 54.7 Å². The lowest BCUT2D eigenvalue weighted by molar-refractivity contribution is -0.137. The minimum absolute atomic E-state index is 0.0227. The quantitative estimate of drug-likeness (QED) is 0.400. The number of rotatable bonds is 11. The van der Waals surface area contributed by atoms with Gasteiger partial charge in [0.25, 0.3) is 0 Å². The van der Waals surface area contributed by atoms with Gasteiger partial charge in [-0.25, -0.2) is 0 Å². The zero-order chi connectivity index (χ0) is 20.6. The van der Waals surface area contributed by atoms with Crippen LogP contribution in [0.3, 0.4) is 0 Å². The van der Waals surface area contributed by atoms with Gasteiger partial charge in [0.2, 0.25) is 0 Å². The summed E-state index contributed by atoms with van der Waals surface area (Å²) in [6.07, 6.45) is 4.26. The van der Waals surface area contributed by atoms with E-state index < -0.39 is 5.97 Å². The van der Waals surface area contributed by atoms with Crippen molar-refractivity contribution in [3.05, 3.63) is 65.9 Å². The van der Waals surface area contributed by atoms with Gasteiger partial charge in [-0.2, -0.15) is 0 Å². The molecule has 0 spiro atoms. The van der Waals surface area contributed by atoms with Gasteiger partial charge >= 0.3 is 5.97 Å². The second-order valence-corrected chi connectivity index (χ2v) is 7.31. The van der Waals surface area contributed by atoms with E-state index in [1.807, 2.05) is 48.7 Å². The first kappa shape index (κ1) is 20.9. The Balaban J connectivity index is 1.68. The summed E-state index contributed by atoms with van der Waals surface area (Å²) in [5.74, 6) is 0.0481. The van der Waals surface area contributed by atoms with Crippen LogP contribution in [0.2, 0.25) is 0 Å². The Bertz CT molecular complexity index is 938. The third-order valence-electron chi connectivity index (χ3n) is 5.27. The Labute approximate surface area is 171 Å². The summed E-state index contributed by atoms with van der Waals surface area (Å²) in [6, 6.07) is 15.8. The average molecular weight is 396 g/mol. The topological polar surface area (TPSA) is 100 Å². The molecule has 3 rings (SSSR count). The molecule has 0 fully saturated rings. The number of ether oxygens (including phenoxy) is 1. The number of aryl methyl sites for hydroxylation is 1. The molecular formula is C23H29N3O3. The smallest absolute Gasteiger partial charge is 0.304 e. The molecule has 1 aromatic heterocycles. The molecular weight excluding hydrogens is 366 g/mol. The van der Waals surface area contributed by atoms with Crippen LogP contribution in [-0.4, -0.2) is 41.8 Å². The van der Waals surface area contributed by atoms with E-state index in [4.69, 9.17) is 10.5 Å². The Kier molecular flexibility index (Phi) is 7.27. The van der Waals surface area contributed by atoms with E-state index in [1.54, 1.807) is 7.11 Å². The molecule has 2 atom stereocenters. The van der Waals surface area contributed by atoms with Crippen LogP contribution < -0.4 is 15.8 Å². The van der Waals surface area contributed by atoms with Gasteiger partial charge in [0.05, 0.1) is 13.5 Å². The van der Waals surface area contributed by atoms with E-state index >= 15 is 0 Å². The van der Waals surface area contributed by atoms with Crippen molar-refractivity contribution >= 4 is 16.9 Å². The van der Waals surface area contributed by atoms with Crippen molar-refractivity contribution in [2.45, 2.75) is 37.8 Å². The number of carbonyl (C=O) groups is 1. The molecule has 29 heavy (non-hydrogen) atoms. The van der Waals surface area contributed by atoms with Gasteiger partial charge in [0.15, 0.2) is 0 Å². The summed E-state index contributed by atoms with van der Waals surface area (Å²) in [6.45, 7) is 0.444. The molecule has 0 saturated carbocycles. The summed E-state index contributed by atoms with van der Waals surface area (Å²) in [7, 11) is 1.67. The largest absolute Gasteiger partial charge is 0.496 e. The molecule has 0 radical (unpaired) electrons. The number of aromatic nitrogens is 1. The first-order valence-corrected chi connectivity index (χ1v) is 9.95. The minimum atomic E-state index is -0.817. The highest BCUT2D eigenvalue weighted by Crippen LogP contribution is 2.21. The van der Waals surface area contributed by atoms with Crippen molar-refractivity contribution in [2.75, 3.05) is 13.7 Å².